The van der Waals surface area contributed by atoms with Crippen molar-refractivity contribution in [2.45, 2.75) is 0 Å². The largest absolute Gasteiger partial charge is 0.497 e. The third kappa shape index (κ3) is 4.24. The Morgan fingerprint density at radius 2 is 2.10 bits per heavy atom. The molecule has 0 aromatic heterocycles. The number of hydrogen-bond acceptors (Lipinski definition) is 3. The fourth-order valence-electron chi connectivity index (χ4n) is 2.04. The molecular weight excluding hydrogens is 252 g/mol. The van der Waals surface area contributed by atoms with Gasteiger partial charge in [0.1, 0.15) is 5.75 Å². The minimum Gasteiger partial charge on any atom is -0.497 e. The molecule has 1 aromatic rings. The smallest absolute Gasteiger partial charge is 0.246 e. The van der Waals surface area contributed by atoms with Gasteiger partial charge in [0.25, 0.3) is 0 Å². The number of ether oxygens (including phenoxy) is 1. The lowest BCUT2D eigenvalue weighted by atomic mass is 10.2. The Kier molecular flexibility index (Phi) is 5.38. The highest BCUT2D eigenvalue weighted by atomic mass is 16.5. The second kappa shape index (κ2) is 7.50. The van der Waals surface area contributed by atoms with Gasteiger partial charge in [-0.05, 0) is 17.7 Å². The Hall–Kier alpha value is -2.07. The van der Waals surface area contributed by atoms with Crippen LogP contribution >= 0.6 is 0 Å². The Morgan fingerprint density at radius 1 is 1.30 bits per heavy atom. The van der Waals surface area contributed by atoms with Crippen LogP contribution in [0.25, 0.3) is 6.08 Å². The molecule has 1 N–H and O–H groups in total. The molecule has 4 nitrogen and oxygen atoms in total. The summed E-state index contributed by atoms with van der Waals surface area (Å²) in [5.74, 6) is 0.898. The van der Waals surface area contributed by atoms with Gasteiger partial charge in [-0.3, -0.25) is 4.79 Å². The number of benzene rings is 1. The van der Waals surface area contributed by atoms with Crippen molar-refractivity contribution in [2.75, 3.05) is 33.3 Å². The van der Waals surface area contributed by atoms with Crippen molar-refractivity contribution in [3.63, 3.8) is 0 Å². The minimum atomic E-state index is 0.0711. The van der Waals surface area contributed by atoms with Crippen LogP contribution in [-0.4, -0.2) is 44.1 Å². The Labute approximate surface area is 119 Å². The van der Waals surface area contributed by atoms with E-state index in [1.807, 2.05) is 41.3 Å². The second-order valence-corrected chi connectivity index (χ2v) is 4.57. The molecular formula is C16H20N2O2. The van der Waals surface area contributed by atoms with Crippen LogP contribution in [-0.2, 0) is 4.79 Å². The maximum absolute atomic E-state index is 11.9. The molecule has 106 valence electrons. The molecule has 1 aromatic carbocycles. The molecule has 1 amide bonds. The maximum Gasteiger partial charge on any atom is 0.246 e. The molecule has 4 heteroatoms. The number of methoxy groups -OCH3 is 1. The van der Waals surface area contributed by atoms with Crippen molar-refractivity contribution in [1.29, 1.82) is 0 Å². The summed E-state index contributed by atoms with van der Waals surface area (Å²) < 4.78 is 5.16. The third-order valence-electron chi connectivity index (χ3n) is 3.16. The summed E-state index contributed by atoms with van der Waals surface area (Å²) in [4.78, 5) is 13.7. The van der Waals surface area contributed by atoms with Gasteiger partial charge in [-0.15, -0.1) is 0 Å². The van der Waals surface area contributed by atoms with Crippen LogP contribution in [0.15, 0.2) is 42.5 Å². The molecule has 1 aliphatic heterocycles. The number of piperazine rings is 1. The summed E-state index contributed by atoms with van der Waals surface area (Å²) in [7, 11) is 1.65. The van der Waals surface area contributed by atoms with Crippen molar-refractivity contribution in [1.82, 2.24) is 10.2 Å². The van der Waals surface area contributed by atoms with Crippen LogP contribution in [0.1, 0.15) is 5.56 Å². The van der Waals surface area contributed by atoms with Crippen LogP contribution in [0, 0.1) is 0 Å². The van der Waals surface area contributed by atoms with Crippen LogP contribution in [0.5, 0.6) is 5.75 Å². The molecule has 0 saturated carbocycles. The first-order chi connectivity index (χ1) is 9.79. The predicted molar refractivity (Wildman–Crippen MR) is 80.6 cm³/mol. The van der Waals surface area contributed by atoms with Gasteiger partial charge in [0.05, 0.1) is 7.11 Å². The van der Waals surface area contributed by atoms with Crippen LogP contribution in [0.2, 0.25) is 0 Å². The Morgan fingerprint density at radius 3 is 2.85 bits per heavy atom. The molecule has 0 atom stereocenters. The standard InChI is InChI=1S/C16H20N2O2/c1-20-15-7-4-6-14(13-15)5-2-3-8-16(19)18-11-9-17-10-12-18/h2-8,13,17H,9-12H2,1H3/b5-2+,8-3+. The summed E-state index contributed by atoms with van der Waals surface area (Å²) in [6.45, 7) is 3.31. The van der Waals surface area contributed by atoms with Crippen molar-refractivity contribution in [3.05, 3.63) is 48.1 Å². The van der Waals surface area contributed by atoms with Crippen LogP contribution < -0.4 is 10.1 Å². The molecule has 1 aliphatic rings. The topological polar surface area (TPSA) is 41.6 Å². The lowest BCUT2D eigenvalue weighted by Gasteiger charge is -2.26. The Balaban J connectivity index is 1.88. The van der Waals surface area contributed by atoms with E-state index in [0.717, 1.165) is 37.5 Å². The van der Waals surface area contributed by atoms with Crippen molar-refractivity contribution < 1.29 is 9.53 Å². The van der Waals surface area contributed by atoms with E-state index in [2.05, 4.69) is 5.32 Å². The van der Waals surface area contributed by atoms with Gasteiger partial charge in [-0.2, -0.15) is 0 Å². The van der Waals surface area contributed by atoms with E-state index >= 15 is 0 Å². The summed E-state index contributed by atoms with van der Waals surface area (Å²) in [6.07, 6.45) is 7.21. The number of nitrogens with one attached hydrogen (secondary N) is 1. The quantitative estimate of drug-likeness (QED) is 0.670. The van der Waals surface area contributed by atoms with Gasteiger partial charge in [-0.25, -0.2) is 0 Å². The number of nitrogens with zero attached hydrogens (tertiary/aromatic N) is 1. The summed E-state index contributed by atoms with van der Waals surface area (Å²) >= 11 is 0. The van der Waals surface area contributed by atoms with E-state index in [0.29, 0.717) is 0 Å². The zero-order valence-electron chi connectivity index (χ0n) is 11.7. The number of amides is 1. The van der Waals surface area contributed by atoms with E-state index in [9.17, 15) is 4.79 Å². The summed E-state index contributed by atoms with van der Waals surface area (Å²) in [5.41, 5.74) is 1.05. The monoisotopic (exact) mass is 272 g/mol. The average Bonchev–Trinajstić information content (AvgIpc) is 2.52. The predicted octanol–water partition coefficient (Wildman–Crippen LogP) is 1.70. The molecule has 1 heterocycles. The van der Waals surface area contributed by atoms with Crippen molar-refractivity contribution >= 4 is 12.0 Å². The number of carbonyl (C=O) groups is 1. The first-order valence-corrected chi connectivity index (χ1v) is 6.78. The van der Waals surface area contributed by atoms with Gasteiger partial charge in [0.2, 0.25) is 5.91 Å². The normalized spacial score (nSPS) is 15.9. The Bertz CT molecular complexity index is 503. The first-order valence-electron chi connectivity index (χ1n) is 6.78. The van der Waals surface area contributed by atoms with E-state index in [4.69, 9.17) is 4.74 Å². The van der Waals surface area contributed by atoms with E-state index in [-0.39, 0.29) is 5.91 Å². The highest BCUT2D eigenvalue weighted by Gasteiger charge is 2.12. The van der Waals surface area contributed by atoms with Crippen molar-refractivity contribution in [3.8, 4) is 5.75 Å². The SMILES string of the molecule is COc1cccc(/C=C/C=C/C(=O)N2CCNCC2)c1. The molecule has 0 radical (unpaired) electrons. The molecule has 1 fully saturated rings. The molecule has 2 rings (SSSR count). The van der Waals surface area contributed by atoms with Crippen molar-refractivity contribution in [2.24, 2.45) is 0 Å². The van der Waals surface area contributed by atoms with Gasteiger partial charge in [-0.1, -0.05) is 30.4 Å². The molecule has 20 heavy (non-hydrogen) atoms. The fraction of sp³-hybridized carbons (Fsp3) is 0.312. The summed E-state index contributed by atoms with van der Waals surface area (Å²) in [5, 5.41) is 3.23. The number of allylic oxidation sites excluding steroid dienone is 2. The highest BCUT2D eigenvalue weighted by molar-refractivity contribution is 5.88. The van der Waals surface area contributed by atoms with Gasteiger partial charge < -0.3 is 15.0 Å². The zero-order valence-corrected chi connectivity index (χ0v) is 11.7. The maximum atomic E-state index is 11.9. The molecule has 0 aliphatic carbocycles. The van der Waals surface area contributed by atoms with Gasteiger partial charge in [0.15, 0.2) is 0 Å². The molecule has 0 bridgehead atoms. The number of hydrogen-bond donors (Lipinski definition) is 1. The summed E-state index contributed by atoms with van der Waals surface area (Å²) in [6, 6.07) is 7.78. The van der Waals surface area contributed by atoms with Crippen LogP contribution in [0.4, 0.5) is 0 Å². The van der Waals surface area contributed by atoms with Gasteiger partial charge >= 0.3 is 0 Å². The first kappa shape index (κ1) is 14.3. The van der Waals surface area contributed by atoms with E-state index in [1.165, 1.54) is 0 Å². The third-order valence-corrected chi connectivity index (χ3v) is 3.16. The second-order valence-electron chi connectivity index (χ2n) is 4.57. The lowest BCUT2D eigenvalue weighted by molar-refractivity contribution is -0.126. The van der Waals surface area contributed by atoms with Gasteiger partial charge in [0, 0.05) is 32.3 Å². The van der Waals surface area contributed by atoms with E-state index in [1.54, 1.807) is 19.3 Å². The zero-order chi connectivity index (χ0) is 14.2. The molecule has 1 saturated heterocycles. The highest BCUT2D eigenvalue weighted by Crippen LogP contribution is 2.13. The van der Waals surface area contributed by atoms with E-state index < -0.39 is 0 Å². The molecule has 0 unspecified atom stereocenters. The molecule has 0 spiro atoms. The number of rotatable bonds is 4. The lowest BCUT2D eigenvalue weighted by Crippen LogP contribution is -2.45. The average molecular weight is 272 g/mol. The number of carbonyl (C=O) groups excluding carboxylic acids is 1. The van der Waals surface area contributed by atoms with Crippen LogP contribution in [0.3, 0.4) is 0 Å². The fourth-order valence-corrected chi connectivity index (χ4v) is 2.04. The minimum absolute atomic E-state index is 0.0711.